The normalized spacial score (nSPS) is 13.8. The third-order valence-electron chi connectivity index (χ3n) is 4.84. The van der Waals surface area contributed by atoms with E-state index in [1.54, 1.807) is 0 Å². The molecule has 0 spiro atoms. The molecular formula is C22H20N2O6. The number of nitrogens with zero attached hydrogens (tertiary/aromatic N) is 2. The Morgan fingerprint density at radius 3 is 2.60 bits per heavy atom. The number of hydroxylamine groups is 2. The van der Waals surface area contributed by atoms with Gasteiger partial charge in [0.2, 0.25) is 5.89 Å². The van der Waals surface area contributed by atoms with Crippen LogP contribution in [0.25, 0.3) is 22.2 Å². The summed E-state index contributed by atoms with van der Waals surface area (Å²) in [6.07, 6.45) is 0.0281. The zero-order valence-electron chi connectivity index (χ0n) is 16.4. The number of hydrogen-bond donors (Lipinski definition) is 0. The Balaban J connectivity index is 1.31. The standard InChI is InChI=1S/C22H20N2O6/c1-14-18(7-4-12-28-22(27)30-24-19(25)10-11-20(24)26)23-21(29-14)17-9-8-15-5-2-3-6-16(15)13-17/h2-3,5-6,8-9,13H,4,7,10-12H2,1H3. The van der Waals surface area contributed by atoms with Crippen molar-refractivity contribution in [2.45, 2.75) is 32.6 Å². The van der Waals surface area contributed by atoms with Crippen molar-refractivity contribution >= 4 is 28.7 Å². The van der Waals surface area contributed by atoms with Crippen molar-refractivity contribution in [3.63, 3.8) is 0 Å². The third kappa shape index (κ3) is 4.17. The number of imide groups is 1. The molecule has 0 unspecified atom stereocenters. The van der Waals surface area contributed by atoms with Crippen molar-refractivity contribution in [1.82, 2.24) is 10.0 Å². The molecule has 0 atom stereocenters. The van der Waals surface area contributed by atoms with Crippen LogP contribution in [0.3, 0.4) is 0 Å². The average Bonchev–Trinajstić information content (AvgIpc) is 3.27. The molecule has 0 saturated carbocycles. The van der Waals surface area contributed by atoms with Crippen LogP contribution in [-0.4, -0.2) is 34.6 Å². The first-order valence-electron chi connectivity index (χ1n) is 9.67. The Morgan fingerprint density at radius 1 is 1.10 bits per heavy atom. The topological polar surface area (TPSA) is 98.9 Å². The van der Waals surface area contributed by atoms with Crippen LogP contribution in [0, 0.1) is 6.92 Å². The zero-order chi connectivity index (χ0) is 21.1. The third-order valence-corrected chi connectivity index (χ3v) is 4.84. The molecule has 0 bridgehead atoms. The molecule has 2 aromatic carbocycles. The number of benzene rings is 2. The molecule has 2 heterocycles. The molecule has 3 aromatic rings. The number of aryl methyl sites for hydroxylation is 2. The molecule has 0 N–H and O–H groups in total. The van der Waals surface area contributed by atoms with Gasteiger partial charge in [-0.2, -0.15) is 0 Å². The molecular weight excluding hydrogens is 388 g/mol. The van der Waals surface area contributed by atoms with E-state index in [0.717, 1.165) is 22.0 Å². The number of oxazole rings is 1. The van der Waals surface area contributed by atoms with Crippen LogP contribution < -0.4 is 0 Å². The van der Waals surface area contributed by atoms with Gasteiger partial charge in [-0.15, -0.1) is 0 Å². The second-order valence-electron chi connectivity index (χ2n) is 6.96. The highest BCUT2D eigenvalue weighted by molar-refractivity contribution is 6.01. The minimum atomic E-state index is -1.08. The summed E-state index contributed by atoms with van der Waals surface area (Å²) in [6.45, 7) is 1.90. The molecule has 0 radical (unpaired) electrons. The van der Waals surface area contributed by atoms with Gasteiger partial charge in [0.1, 0.15) is 5.76 Å². The fourth-order valence-electron chi connectivity index (χ4n) is 3.26. The van der Waals surface area contributed by atoms with E-state index in [1.165, 1.54) is 0 Å². The van der Waals surface area contributed by atoms with Gasteiger partial charge in [0, 0.05) is 18.4 Å². The largest absolute Gasteiger partial charge is 0.533 e. The van der Waals surface area contributed by atoms with Gasteiger partial charge in [0.05, 0.1) is 12.3 Å². The van der Waals surface area contributed by atoms with Crippen molar-refractivity contribution in [3.05, 3.63) is 53.9 Å². The van der Waals surface area contributed by atoms with Crippen LogP contribution >= 0.6 is 0 Å². The Morgan fingerprint density at radius 2 is 1.83 bits per heavy atom. The van der Waals surface area contributed by atoms with Crippen molar-refractivity contribution in [2.24, 2.45) is 0 Å². The highest BCUT2D eigenvalue weighted by Crippen LogP contribution is 2.26. The van der Waals surface area contributed by atoms with E-state index in [9.17, 15) is 14.4 Å². The van der Waals surface area contributed by atoms with Crippen LogP contribution in [-0.2, 0) is 25.6 Å². The first-order valence-corrected chi connectivity index (χ1v) is 9.67. The van der Waals surface area contributed by atoms with E-state index in [2.05, 4.69) is 9.82 Å². The summed E-state index contributed by atoms with van der Waals surface area (Å²) in [6, 6.07) is 14.1. The van der Waals surface area contributed by atoms with Crippen molar-refractivity contribution in [1.29, 1.82) is 0 Å². The Bertz CT molecular complexity index is 1100. The molecule has 0 aliphatic carbocycles. The summed E-state index contributed by atoms with van der Waals surface area (Å²) < 4.78 is 10.8. The number of ether oxygens (including phenoxy) is 1. The molecule has 2 amide bonds. The molecule has 1 saturated heterocycles. The number of fused-ring (bicyclic) bond motifs is 1. The van der Waals surface area contributed by atoms with Gasteiger partial charge in [-0.05, 0) is 42.7 Å². The fourth-order valence-corrected chi connectivity index (χ4v) is 3.26. The highest BCUT2D eigenvalue weighted by atomic mass is 16.8. The van der Waals surface area contributed by atoms with Crippen molar-refractivity contribution in [2.75, 3.05) is 6.61 Å². The van der Waals surface area contributed by atoms with E-state index in [-0.39, 0.29) is 19.4 Å². The Hall–Kier alpha value is -3.68. The quantitative estimate of drug-likeness (QED) is 0.346. The van der Waals surface area contributed by atoms with E-state index >= 15 is 0 Å². The first-order chi connectivity index (χ1) is 14.5. The maximum Gasteiger partial charge on any atom is 0.533 e. The SMILES string of the molecule is Cc1oc(-c2ccc3ccccc3c2)nc1CCCOC(=O)ON1C(=O)CCC1=O. The number of aromatic nitrogens is 1. The number of amides is 2. The van der Waals surface area contributed by atoms with Gasteiger partial charge < -0.3 is 9.15 Å². The van der Waals surface area contributed by atoms with Gasteiger partial charge in [-0.1, -0.05) is 35.4 Å². The molecule has 1 aliphatic rings. The number of hydrogen-bond acceptors (Lipinski definition) is 7. The summed E-state index contributed by atoms with van der Waals surface area (Å²) >= 11 is 0. The average molecular weight is 408 g/mol. The van der Waals surface area contributed by atoms with Crippen molar-refractivity contribution < 1.29 is 28.4 Å². The molecule has 1 aliphatic heterocycles. The van der Waals surface area contributed by atoms with Crippen LogP contribution in [0.15, 0.2) is 46.9 Å². The monoisotopic (exact) mass is 408 g/mol. The second-order valence-corrected chi connectivity index (χ2v) is 6.96. The Labute approximate surface area is 172 Å². The summed E-state index contributed by atoms with van der Waals surface area (Å²) in [7, 11) is 0. The molecule has 1 aromatic heterocycles. The lowest BCUT2D eigenvalue weighted by atomic mass is 10.1. The van der Waals surface area contributed by atoms with Gasteiger partial charge in [0.25, 0.3) is 11.8 Å². The summed E-state index contributed by atoms with van der Waals surface area (Å²) in [4.78, 5) is 43.7. The van der Waals surface area contributed by atoms with Crippen LogP contribution in [0.2, 0.25) is 0 Å². The summed E-state index contributed by atoms with van der Waals surface area (Å²) in [5, 5.41) is 2.71. The number of rotatable bonds is 6. The zero-order valence-corrected chi connectivity index (χ0v) is 16.4. The number of carbonyl (C=O) groups excluding carboxylic acids is 3. The van der Waals surface area contributed by atoms with Gasteiger partial charge in [0.15, 0.2) is 0 Å². The smallest absolute Gasteiger partial charge is 0.441 e. The minimum Gasteiger partial charge on any atom is -0.441 e. The van der Waals surface area contributed by atoms with Crippen molar-refractivity contribution in [3.8, 4) is 11.5 Å². The summed E-state index contributed by atoms with van der Waals surface area (Å²) in [5.41, 5.74) is 1.67. The van der Waals surface area contributed by atoms with E-state index in [1.807, 2.05) is 49.4 Å². The maximum atomic E-state index is 11.6. The van der Waals surface area contributed by atoms with E-state index in [4.69, 9.17) is 9.15 Å². The predicted octanol–water partition coefficient (Wildman–Crippen LogP) is 3.95. The van der Waals surface area contributed by atoms with E-state index in [0.29, 0.717) is 29.6 Å². The maximum absolute atomic E-state index is 11.6. The minimum absolute atomic E-state index is 0.0388. The van der Waals surface area contributed by atoms with Crippen LogP contribution in [0.4, 0.5) is 4.79 Å². The Kier molecular flexibility index (Phi) is 5.47. The first kappa shape index (κ1) is 19.6. The lowest BCUT2D eigenvalue weighted by Crippen LogP contribution is -2.32. The van der Waals surface area contributed by atoms with E-state index < -0.39 is 18.0 Å². The predicted molar refractivity (Wildman–Crippen MR) is 106 cm³/mol. The fraction of sp³-hybridized carbons (Fsp3) is 0.273. The van der Waals surface area contributed by atoms with Gasteiger partial charge >= 0.3 is 6.16 Å². The van der Waals surface area contributed by atoms with Crippen LogP contribution in [0.5, 0.6) is 0 Å². The molecule has 8 heteroatoms. The lowest BCUT2D eigenvalue weighted by Gasteiger charge is -2.12. The molecule has 154 valence electrons. The highest BCUT2D eigenvalue weighted by Gasteiger charge is 2.33. The van der Waals surface area contributed by atoms with Gasteiger partial charge in [-0.3, -0.25) is 14.4 Å². The molecule has 4 rings (SSSR count). The lowest BCUT2D eigenvalue weighted by molar-refractivity contribution is -0.177. The second kappa shape index (κ2) is 8.36. The summed E-state index contributed by atoms with van der Waals surface area (Å²) in [5.74, 6) is 0.154. The van der Waals surface area contributed by atoms with Crippen LogP contribution in [0.1, 0.15) is 30.7 Å². The molecule has 30 heavy (non-hydrogen) atoms. The number of carbonyl (C=O) groups is 3. The molecule has 1 fully saturated rings. The molecule has 8 nitrogen and oxygen atoms in total. The van der Waals surface area contributed by atoms with Gasteiger partial charge in [-0.25, -0.2) is 9.78 Å².